The van der Waals surface area contributed by atoms with E-state index in [1.165, 1.54) is 6.07 Å². The summed E-state index contributed by atoms with van der Waals surface area (Å²) in [7, 11) is 0. The van der Waals surface area contributed by atoms with Crippen LogP contribution in [-0.2, 0) is 28.5 Å². The van der Waals surface area contributed by atoms with Gasteiger partial charge in [0.1, 0.15) is 12.7 Å². The zero-order valence-electron chi connectivity index (χ0n) is 29.1. The maximum Gasteiger partial charge on any atom is 0.339 e. The van der Waals surface area contributed by atoms with E-state index in [0.717, 1.165) is 48.6 Å². The molecule has 0 aliphatic carbocycles. The number of benzene rings is 4. The molecule has 2 aliphatic heterocycles. The molecule has 1 saturated heterocycles. The lowest BCUT2D eigenvalue weighted by Crippen LogP contribution is -2.61. The lowest BCUT2D eigenvalue weighted by atomic mass is 9.92. The highest BCUT2D eigenvalue weighted by Crippen LogP contribution is 2.53. The molecule has 0 saturated carbocycles. The van der Waals surface area contributed by atoms with Crippen LogP contribution >= 0.6 is 0 Å². The molecule has 0 amide bonds. The van der Waals surface area contributed by atoms with Gasteiger partial charge in [-0.1, -0.05) is 6.07 Å². The summed E-state index contributed by atoms with van der Waals surface area (Å²) in [4.78, 5) is 53.4. The van der Waals surface area contributed by atoms with Gasteiger partial charge in [0.25, 0.3) is 0 Å². The lowest BCUT2D eigenvalue weighted by molar-refractivity contribution is -0.290. The third-order valence-corrected chi connectivity index (χ3v) is 8.79. The van der Waals surface area contributed by atoms with Crippen molar-refractivity contribution >= 4 is 29.8 Å². The molecule has 2 heterocycles. The van der Waals surface area contributed by atoms with E-state index in [-0.39, 0.29) is 11.1 Å². The number of phenols is 10. The number of ether oxygens (including phenoxy) is 5. The number of aliphatic hydroxyl groups excluding tert-OH is 1. The molecule has 20 heteroatoms. The molecule has 4 aromatic carbocycles. The Balaban J connectivity index is 1.41. The number of aliphatic hydroxyl groups is 1. The number of carbonyl (C=O) groups is 4. The van der Waals surface area contributed by atoms with E-state index in [2.05, 4.69) is 0 Å². The van der Waals surface area contributed by atoms with Crippen molar-refractivity contribution in [2.24, 2.45) is 0 Å². The number of esters is 3. The maximum atomic E-state index is 14.0. The molecule has 1 fully saturated rings. The second-order valence-corrected chi connectivity index (χ2v) is 12.5. The van der Waals surface area contributed by atoms with Gasteiger partial charge in [-0.3, -0.25) is 4.79 Å². The quantitative estimate of drug-likeness (QED) is 0.0318. The van der Waals surface area contributed by atoms with Crippen LogP contribution < -0.4 is 0 Å². The summed E-state index contributed by atoms with van der Waals surface area (Å²) in [6.45, 7) is -0.962. The number of hydrogen-bond donors (Lipinski definition) is 11. The van der Waals surface area contributed by atoms with Crippen molar-refractivity contribution < 1.29 is 99.0 Å². The second kappa shape index (κ2) is 15.7. The van der Waals surface area contributed by atoms with Gasteiger partial charge >= 0.3 is 17.9 Å². The first kappa shape index (κ1) is 39.8. The summed E-state index contributed by atoms with van der Waals surface area (Å²) in [5, 5.41) is 113. The Morgan fingerprint density at radius 2 is 1.26 bits per heavy atom. The number of cyclic esters (lactones) is 1. The SMILES string of the molecule is O=C(C=Cc1ccc(O)c(O)c1)O[C@@H]1O[C@@H]2COC(=O)c3cc(O)c(O)c(O)c3-c3c(cc(O)c(O)c3O)C(=O)O[C@H]2[C@H](OC=CC(=O)c2ccc(O)c(O)c2)[C@H]1O. The smallest absolute Gasteiger partial charge is 0.339 e. The van der Waals surface area contributed by atoms with Gasteiger partial charge in [-0.05, 0) is 54.1 Å². The van der Waals surface area contributed by atoms with Crippen LogP contribution in [0.1, 0.15) is 36.6 Å². The van der Waals surface area contributed by atoms with Gasteiger partial charge in [0.2, 0.25) is 17.8 Å². The van der Waals surface area contributed by atoms with Crippen LogP contribution in [0.15, 0.2) is 66.9 Å². The van der Waals surface area contributed by atoms with E-state index < -0.39 is 141 Å². The van der Waals surface area contributed by atoms with Crippen molar-refractivity contribution in [1.29, 1.82) is 0 Å². The van der Waals surface area contributed by atoms with Crippen LogP contribution in [0, 0.1) is 0 Å². The molecule has 0 radical (unpaired) electrons. The summed E-state index contributed by atoms with van der Waals surface area (Å²) in [6.07, 6.45) is -6.28. The number of aromatic hydroxyl groups is 10. The number of carbonyl (C=O) groups excluding carboxylic acids is 4. The van der Waals surface area contributed by atoms with E-state index in [1.807, 2.05) is 0 Å². The van der Waals surface area contributed by atoms with Gasteiger partial charge in [-0.25, -0.2) is 14.4 Å². The van der Waals surface area contributed by atoms with Crippen molar-refractivity contribution in [2.75, 3.05) is 6.61 Å². The number of phenolic OH excluding ortho intramolecular Hbond substituents is 10. The largest absolute Gasteiger partial charge is 0.504 e. The van der Waals surface area contributed by atoms with Crippen LogP contribution in [0.25, 0.3) is 17.2 Å². The normalized spacial score (nSPS) is 20.5. The van der Waals surface area contributed by atoms with Crippen molar-refractivity contribution in [3.8, 4) is 68.6 Å². The van der Waals surface area contributed by atoms with Gasteiger partial charge in [0.15, 0.2) is 70.1 Å². The molecule has 0 unspecified atom stereocenters. The first-order valence-electron chi connectivity index (χ1n) is 16.5. The van der Waals surface area contributed by atoms with E-state index in [4.69, 9.17) is 23.7 Å². The molecule has 20 nitrogen and oxygen atoms in total. The van der Waals surface area contributed by atoms with Crippen LogP contribution in [0.3, 0.4) is 0 Å². The summed E-state index contributed by atoms with van der Waals surface area (Å²) in [6, 6.07) is 7.81. The summed E-state index contributed by atoms with van der Waals surface area (Å²) < 4.78 is 27.6. The Hall–Kier alpha value is -7.84. The zero-order chi connectivity index (χ0) is 42.2. The molecule has 11 N–H and O–H groups in total. The molecule has 58 heavy (non-hydrogen) atoms. The van der Waals surface area contributed by atoms with Crippen LogP contribution in [-0.4, -0.2) is 117 Å². The number of hydrogen-bond acceptors (Lipinski definition) is 20. The number of fused-ring (bicyclic) bond motifs is 4. The third-order valence-electron chi connectivity index (χ3n) is 8.79. The molecule has 2 aliphatic rings. The molecule has 0 spiro atoms. The van der Waals surface area contributed by atoms with E-state index in [9.17, 15) is 75.3 Å². The Kier molecular flexibility index (Phi) is 10.8. The average Bonchev–Trinajstić information content (AvgIpc) is 3.20. The van der Waals surface area contributed by atoms with Crippen molar-refractivity contribution in [3.05, 3.63) is 89.2 Å². The Labute approximate surface area is 323 Å². The van der Waals surface area contributed by atoms with Gasteiger partial charge < -0.3 is 79.9 Å². The molecule has 302 valence electrons. The topological polar surface area (TPSA) is 337 Å². The predicted octanol–water partition coefficient (Wildman–Crippen LogP) is 2.23. The first-order valence-corrected chi connectivity index (χ1v) is 16.5. The van der Waals surface area contributed by atoms with Gasteiger partial charge in [0.05, 0.1) is 17.4 Å². The minimum Gasteiger partial charge on any atom is -0.504 e. The van der Waals surface area contributed by atoms with Gasteiger partial charge in [0, 0.05) is 28.8 Å². The predicted molar refractivity (Wildman–Crippen MR) is 189 cm³/mol. The van der Waals surface area contributed by atoms with E-state index in [1.54, 1.807) is 0 Å². The molecule has 5 atom stereocenters. The molecular weight excluding hydrogens is 776 g/mol. The molecule has 0 aromatic heterocycles. The Morgan fingerprint density at radius 1 is 0.672 bits per heavy atom. The highest BCUT2D eigenvalue weighted by molar-refractivity contribution is 6.08. The van der Waals surface area contributed by atoms with E-state index in [0.29, 0.717) is 18.4 Å². The molecule has 0 bridgehead atoms. The fraction of sp³-hybridized carbons (Fsp3) is 0.158. The third kappa shape index (κ3) is 7.67. The average molecular weight is 807 g/mol. The highest BCUT2D eigenvalue weighted by Gasteiger charge is 2.51. The monoisotopic (exact) mass is 806 g/mol. The summed E-state index contributed by atoms with van der Waals surface area (Å²) in [5.74, 6) is -14.4. The van der Waals surface area contributed by atoms with Crippen LogP contribution in [0.4, 0.5) is 0 Å². The fourth-order valence-corrected chi connectivity index (χ4v) is 5.89. The second-order valence-electron chi connectivity index (χ2n) is 12.5. The minimum absolute atomic E-state index is 0.145. The van der Waals surface area contributed by atoms with E-state index >= 15 is 0 Å². The summed E-state index contributed by atoms with van der Waals surface area (Å²) in [5.41, 5.74) is -3.45. The zero-order valence-corrected chi connectivity index (χ0v) is 29.1. The van der Waals surface area contributed by atoms with Gasteiger partial charge in [-0.15, -0.1) is 0 Å². The van der Waals surface area contributed by atoms with Crippen molar-refractivity contribution in [1.82, 2.24) is 0 Å². The standard InChI is InChI=1S/C38H30O20/c39-18(15-3-5-20(41)22(43)10-15)7-8-54-35-33(51)38(57-26(46)6-2-14-1-4-19(40)21(42)9-14)56-25-13-55-36(52)16-11-23(44)29(47)31(49)27(16)28-17(37(53)58-34(25)35)12-24(45)30(48)32(28)50/h1-12,25,33-35,38,40-45,47-51H,13H2/t25-,33-,34-,35-,38+/m1/s1. The van der Waals surface area contributed by atoms with Crippen LogP contribution in [0.5, 0.6) is 57.5 Å². The van der Waals surface area contributed by atoms with Crippen LogP contribution in [0.2, 0.25) is 0 Å². The lowest BCUT2D eigenvalue weighted by Gasteiger charge is -2.42. The number of rotatable bonds is 7. The number of ketones is 1. The summed E-state index contributed by atoms with van der Waals surface area (Å²) >= 11 is 0. The fourth-order valence-electron chi connectivity index (χ4n) is 5.89. The number of allylic oxidation sites excluding steroid dienone is 1. The molecule has 6 rings (SSSR count). The maximum absolute atomic E-state index is 14.0. The minimum atomic E-state index is -2.13. The Bertz CT molecular complexity index is 2400. The highest BCUT2D eigenvalue weighted by atomic mass is 16.7. The Morgan fingerprint density at radius 3 is 1.86 bits per heavy atom. The van der Waals surface area contributed by atoms with Gasteiger partial charge in [-0.2, -0.15) is 0 Å². The van der Waals surface area contributed by atoms with Crippen molar-refractivity contribution in [3.63, 3.8) is 0 Å². The van der Waals surface area contributed by atoms with Crippen molar-refractivity contribution in [2.45, 2.75) is 30.7 Å². The molecule has 4 aromatic rings. The first-order chi connectivity index (χ1) is 27.5. The molecular formula is C38H30O20.